The number of para-hydroxylation sites is 1. The van der Waals surface area contributed by atoms with Gasteiger partial charge in [0.05, 0.1) is 0 Å². The molecular weight excluding hydrogens is 208 g/mol. The first-order valence-corrected chi connectivity index (χ1v) is 6.70. The Bertz CT molecular complexity index is 411. The highest BCUT2D eigenvalue weighted by Crippen LogP contribution is 2.44. The number of benzene rings is 1. The van der Waals surface area contributed by atoms with Gasteiger partial charge in [0.2, 0.25) is 0 Å². The molecule has 1 aliphatic carbocycles. The average Bonchev–Trinajstić information content (AvgIpc) is 2.94. The molecule has 17 heavy (non-hydrogen) atoms. The Labute approximate surface area is 104 Å². The van der Waals surface area contributed by atoms with Crippen molar-refractivity contribution in [2.75, 3.05) is 18.4 Å². The molecule has 1 saturated carbocycles. The second-order valence-electron chi connectivity index (χ2n) is 6.26. The fourth-order valence-corrected chi connectivity index (χ4v) is 2.78. The van der Waals surface area contributed by atoms with E-state index in [1.54, 1.807) is 0 Å². The van der Waals surface area contributed by atoms with E-state index in [2.05, 4.69) is 48.7 Å². The summed E-state index contributed by atoms with van der Waals surface area (Å²) < 4.78 is 0. The summed E-state index contributed by atoms with van der Waals surface area (Å²) in [6, 6.07) is 9.43. The fraction of sp³-hybridized carbons (Fsp3) is 0.600. The first kappa shape index (κ1) is 11.1. The molecule has 3 rings (SSSR count). The van der Waals surface area contributed by atoms with Crippen molar-refractivity contribution in [1.29, 1.82) is 0 Å². The monoisotopic (exact) mass is 230 g/mol. The standard InChI is InChI=1S/C15H22N2/c1-15(2)8-14(15)17-10-11-7-12-5-3-4-6-13(12)16-9-11/h3-6,11,14,16-17H,7-10H2,1-2H3. The molecule has 2 aliphatic rings. The molecule has 1 aromatic rings. The minimum atomic E-state index is 0.542. The fourth-order valence-electron chi connectivity index (χ4n) is 2.78. The number of nitrogens with one attached hydrogen (secondary N) is 2. The predicted molar refractivity (Wildman–Crippen MR) is 72.3 cm³/mol. The van der Waals surface area contributed by atoms with E-state index in [9.17, 15) is 0 Å². The second-order valence-corrected chi connectivity index (χ2v) is 6.26. The van der Waals surface area contributed by atoms with Crippen LogP contribution in [0.25, 0.3) is 0 Å². The molecule has 2 unspecified atom stereocenters. The lowest BCUT2D eigenvalue weighted by Crippen LogP contribution is -2.34. The summed E-state index contributed by atoms with van der Waals surface area (Å²) >= 11 is 0. The van der Waals surface area contributed by atoms with E-state index >= 15 is 0 Å². The molecule has 0 radical (unpaired) electrons. The molecule has 0 bridgehead atoms. The van der Waals surface area contributed by atoms with Crippen molar-refractivity contribution in [3.8, 4) is 0 Å². The quantitative estimate of drug-likeness (QED) is 0.834. The molecule has 92 valence electrons. The zero-order chi connectivity index (χ0) is 11.9. The second kappa shape index (κ2) is 4.02. The van der Waals surface area contributed by atoms with Crippen molar-refractivity contribution in [2.24, 2.45) is 11.3 Å². The van der Waals surface area contributed by atoms with Crippen molar-refractivity contribution >= 4 is 5.69 Å². The molecule has 2 nitrogen and oxygen atoms in total. The highest BCUT2D eigenvalue weighted by atomic mass is 15.0. The molecule has 1 heterocycles. The van der Waals surface area contributed by atoms with Crippen molar-refractivity contribution in [1.82, 2.24) is 5.32 Å². The SMILES string of the molecule is CC1(C)CC1NCC1CNc2ccccc2C1. The van der Waals surface area contributed by atoms with Gasteiger partial charge >= 0.3 is 0 Å². The third-order valence-corrected chi connectivity index (χ3v) is 4.27. The highest BCUT2D eigenvalue weighted by Gasteiger charge is 2.45. The molecule has 0 aromatic heterocycles. The number of hydrogen-bond donors (Lipinski definition) is 2. The first-order valence-electron chi connectivity index (χ1n) is 6.70. The number of rotatable bonds is 3. The molecule has 2 heteroatoms. The maximum atomic E-state index is 3.71. The summed E-state index contributed by atoms with van der Waals surface area (Å²) in [6.07, 6.45) is 2.55. The number of fused-ring (bicyclic) bond motifs is 1. The Kier molecular flexibility index (Phi) is 2.62. The Morgan fingerprint density at radius 2 is 2.12 bits per heavy atom. The van der Waals surface area contributed by atoms with Gasteiger partial charge in [-0.2, -0.15) is 0 Å². The zero-order valence-electron chi connectivity index (χ0n) is 10.8. The summed E-state index contributed by atoms with van der Waals surface area (Å²) in [7, 11) is 0. The first-order chi connectivity index (χ1) is 8.15. The van der Waals surface area contributed by atoms with Gasteiger partial charge in [-0.3, -0.25) is 0 Å². The van der Waals surface area contributed by atoms with Crippen LogP contribution in [0.5, 0.6) is 0 Å². The molecule has 1 aliphatic heterocycles. The van der Waals surface area contributed by atoms with Crippen molar-refractivity contribution in [3.05, 3.63) is 29.8 Å². The molecule has 2 atom stereocenters. The molecule has 1 aromatic carbocycles. The maximum absolute atomic E-state index is 3.71. The smallest absolute Gasteiger partial charge is 0.0372 e. The summed E-state index contributed by atoms with van der Waals surface area (Å²) in [6.45, 7) is 6.95. The van der Waals surface area contributed by atoms with E-state index in [0.717, 1.165) is 25.0 Å². The van der Waals surface area contributed by atoms with Crippen LogP contribution in [0.15, 0.2) is 24.3 Å². The van der Waals surface area contributed by atoms with Crippen LogP contribution in [0.1, 0.15) is 25.8 Å². The van der Waals surface area contributed by atoms with Crippen LogP contribution in [0, 0.1) is 11.3 Å². The molecule has 2 N–H and O–H groups in total. The van der Waals surface area contributed by atoms with Crippen molar-refractivity contribution < 1.29 is 0 Å². The summed E-state index contributed by atoms with van der Waals surface area (Å²) in [5.41, 5.74) is 3.34. The van der Waals surface area contributed by atoms with Crippen LogP contribution in [0.4, 0.5) is 5.69 Å². The molecular formula is C15H22N2. The molecule has 0 spiro atoms. The minimum Gasteiger partial charge on any atom is -0.384 e. The lowest BCUT2D eigenvalue weighted by atomic mass is 9.94. The topological polar surface area (TPSA) is 24.1 Å². The van der Waals surface area contributed by atoms with E-state index in [1.807, 2.05) is 0 Å². The van der Waals surface area contributed by atoms with Gasteiger partial charge in [-0.25, -0.2) is 0 Å². The van der Waals surface area contributed by atoms with Crippen LogP contribution in [0.3, 0.4) is 0 Å². The molecule has 0 saturated heterocycles. The van der Waals surface area contributed by atoms with E-state index in [1.165, 1.54) is 24.1 Å². The van der Waals surface area contributed by atoms with Gasteiger partial charge < -0.3 is 10.6 Å². The van der Waals surface area contributed by atoms with Gasteiger partial charge in [0.15, 0.2) is 0 Å². The Hall–Kier alpha value is -1.02. The normalized spacial score (nSPS) is 29.3. The van der Waals surface area contributed by atoms with Crippen LogP contribution in [0.2, 0.25) is 0 Å². The van der Waals surface area contributed by atoms with Crippen LogP contribution >= 0.6 is 0 Å². The van der Waals surface area contributed by atoms with E-state index in [4.69, 9.17) is 0 Å². The summed E-state index contributed by atoms with van der Waals surface area (Å²) in [4.78, 5) is 0. The Morgan fingerprint density at radius 3 is 2.88 bits per heavy atom. The highest BCUT2D eigenvalue weighted by molar-refractivity contribution is 5.53. The van der Waals surface area contributed by atoms with Crippen molar-refractivity contribution in [3.63, 3.8) is 0 Å². The Balaban J connectivity index is 1.54. The third kappa shape index (κ3) is 2.32. The lowest BCUT2D eigenvalue weighted by molar-refractivity contribution is 0.453. The average molecular weight is 230 g/mol. The van der Waals surface area contributed by atoms with Gasteiger partial charge in [0.1, 0.15) is 0 Å². The van der Waals surface area contributed by atoms with Gasteiger partial charge in [0, 0.05) is 24.8 Å². The Morgan fingerprint density at radius 1 is 1.35 bits per heavy atom. The van der Waals surface area contributed by atoms with Gasteiger partial charge in [0.25, 0.3) is 0 Å². The van der Waals surface area contributed by atoms with Crippen LogP contribution < -0.4 is 10.6 Å². The van der Waals surface area contributed by atoms with E-state index in [0.29, 0.717) is 5.41 Å². The van der Waals surface area contributed by atoms with Crippen LogP contribution in [-0.2, 0) is 6.42 Å². The third-order valence-electron chi connectivity index (χ3n) is 4.27. The molecule has 1 fully saturated rings. The summed E-state index contributed by atoms with van der Waals surface area (Å²) in [5, 5.41) is 7.24. The van der Waals surface area contributed by atoms with Gasteiger partial charge in [-0.05, 0) is 35.8 Å². The van der Waals surface area contributed by atoms with E-state index < -0.39 is 0 Å². The maximum Gasteiger partial charge on any atom is 0.0372 e. The molecule has 0 amide bonds. The number of anilines is 1. The van der Waals surface area contributed by atoms with Crippen molar-refractivity contribution in [2.45, 2.75) is 32.7 Å². The number of hydrogen-bond acceptors (Lipinski definition) is 2. The lowest BCUT2D eigenvalue weighted by Gasteiger charge is -2.26. The minimum absolute atomic E-state index is 0.542. The summed E-state index contributed by atoms with van der Waals surface area (Å²) in [5.74, 6) is 0.737. The van der Waals surface area contributed by atoms with Gasteiger partial charge in [-0.15, -0.1) is 0 Å². The van der Waals surface area contributed by atoms with Gasteiger partial charge in [-0.1, -0.05) is 32.0 Å². The van der Waals surface area contributed by atoms with E-state index in [-0.39, 0.29) is 0 Å². The predicted octanol–water partition coefficient (Wildman–Crippen LogP) is 2.66. The largest absolute Gasteiger partial charge is 0.384 e. The zero-order valence-corrected chi connectivity index (χ0v) is 10.8. The van der Waals surface area contributed by atoms with Crippen LogP contribution in [-0.4, -0.2) is 19.1 Å².